The Bertz CT molecular complexity index is 1520. The van der Waals surface area contributed by atoms with Crippen molar-refractivity contribution in [1.29, 1.82) is 0 Å². The van der Waals surface area contributed by atoms with Crippen LogP contribution in [0.1, 0.15) is 74.0 Å². The summed E-state index contributed by atoms with van der Waals surface area (Å²) in [4.78, 5) is 27.8. The van der Waals surface area contributed by atoms with Crippen molar-refractivity contribution in [3.63, 3.8) is 0 Å². The van der Waals surface area contributed by atoms with Crippen LogP contribution in [0.25, 0.3) is 0 Å². The Labute approximate surface area is 247 Å². The summed E-state index contributed by atoms with van der Waals surface area (Å²) < 4.78 is 17.9. The summed E-state index contributed by atoms with van der Waals surface area (Å²) in [5.41, 5.74) is 5.74. The van der Waals surface area contributed by atoms with Gasteiger partial charge >= 0.3 is 5.97 Å². The van der Waals surface area contributed by atoms with E-state index in [1.54, 1.807) is 7.11 Å². The molecule has 42 heavy (non-hydrogen) atoms. The number of hydrogen-bond acceptors (Lipinski definition) is 6. The summed E-state index contributed by atoms with van der Waals surface area (Å²) in [6, 6.07) is 25.8. The summed E-state index contributed by atoms with van der Waals surface area (Å²) in [5.74, 6) is 0.360. The minimum atomic E-state index is -0.559. The van der Waals surface area contributed by atoms with E-state index >= 15 is 0 Å². The number of ether oxygens (including phenoxy) is 3. The largest absolute Gasteiger partial charge is 0.493 e. The van der Waals surface area contributed by atoms with Crippen LogP contribution in [0.2, 0.25) is 0 Å². The Hall–Kier alpha value is -4.32. The van der Waals surface area contributed by atoms with Crippen LogP contribution in [0.3, 0.4) is 0 Å². The lowest BCUT2D eigenvalue weighted by Crippen LogP contribution is -2.36. The predicted molar refractivity (Wildman–Crippen MR) is 161 cm³/mol. The molecule has 0 amide bonds. The zero-order valence-electron chi connectivity index (χ0n) is 24.2. The van der Waals surface area contributed by atoms with E-state index in [-0.39, 0.29) is 23.8 Å². The lowest BCUT2D eigenvalue weighted by atomic mass is 9.71. The van der Waals surface area contributed by atoms with Gasteiger partial charge in [-0.2, -0.15) is 0 Å². The van der Waals surface area contributed by atoms with Gasteiger partial charge in [-0.1, -0.05) is 66.7 Å². The van der Waals surface area contributed by atoms with Crippen molar-refractivity contribution in [1.82, 2.24) is 5.32 Å². The molecular formula is C36H37NO5. The molecule has 3 aromatic rings. The van der Waals surface area contributed by atoms with Crippen LogP contribution in [0, 0.1) is 0 Å². The first-order chi connectivity index (χ1) is 20.5. The number of esters is 1. The van der Waals surface area contributed by atoms with Crippen LogP contribution >= 0.6 is 0 Å². The van der Waals surface area contributed by atoms with Crippen LogP contribution in [0.4, 0.5) is 0 Å². The van der Waals surface area contributed by atoms with Crippen LogP contribution in [-0.2, 0) is 20.9 Å². The lowest BCUT2D eigenvalue weighted by molar-refractivity contribution is -0.144. The molecule has 3 aliphatic rings. The Kier molecular flexibility index (Phi) is 8.13. The zero-order valence-corrected chi connectivity index (χ0v) is 24.2. The molecule has 6 nitrogen and oxygen atoms in total. The van der Waals surface area contributed by atoms with Gasteiger partial charge in [-0.3, -0.25) is 4.79 Å². The maximum absolute atomic E-state index is 14.0. The first-order valence-electron chi connectivity index (χ1n) is 14.9. The molecule has 0 spiro atoms. The summed E-state index contributed by atoms with van der Waals surface area (Å²) in [6.07, 6.45) is 4.88. The smallest absolute Gasteiger partial charge is 0.337 e. The molecule has 1 N–H and O–H groups in total. The lowest BCUT2D eigenvalue weighted by Gasteiger charge is -2.37. The van der Waals surface area contributed by atoms with Gasteiger partial charge in [-0.05, 0) is 73.8 Å². The van der Waals surface area contributed by atoms with Gasteiger partial charge in [-0.15, -0.1) is 0 Å². The quantitative estimate of drug-likeness (QED) is 0.294. The van der Waals surface area contributed by atoms with E-state index in [1.807, 2.05) is 73.7 Å². The van der Waals surface area contributed by atoms with Crippen molar-refractivity contribution >= 4 is 11.8 Å². The second-order valence-corrected chi connectivity index (χ2v) is 11.4. The molecule has 0 bridgehead atoms. The third kappa shape index (κ3) is 5.71. The number of nitrogens with one attached hydrogen (secondary N) is 1. The van der Waals surface area contributed by atoms with Gasteiger partial charge in [0.05, 0.1) is 12.7 Å². The standard InChI is InChI=1S/C36H37NO5/c1-23-33(36(39)42-28-15-9-10-16-28)34(35-29(37-23)19-27(20-30(35)38)25-13-7-4-8-14-25)26-17-18-31(32(21-26)40-2)41-22-24-11-5-3-6-12-24/h3-8,11-14,17-18,21,27-28,34,37H,9-10,15-16,19-20,22H2,1-2H3/t27-,34+/m1/s1. The minimum Gasteiger partial charge on any atom is -0.493 e. The maximum atomic E-state index is 14.0. The number of rotatable bonds is 8. The van der Waals surface area contributed by atoms with Crippen molar-refractivity contribution in [2.24, 2.45) is 0 Å². The molecule has 0 unspecified atom stereocenters. The monoisotopic (exact) mass is 563 g/mol. The topological polar surface area (TPSA) is 73.9 Å². The van der Waals surface area contributed by atoms with Gasteiger partial charge in [0, 0.05) is 29.3 Å². The molecule has 0 saturated heterocycles. The van der Waals surface area contributed by atoms with Crippen LogP contribution in [0.5, 0.6) is 11.5 Å². The number of allylic oxidation sites excluding steroid dienone is 3. The third-order valence-corrected chi connectivity index (χ3v) is 8.65. The molecule has 6 heteroatoms. The number of carbonyl (C=O) groups excluding carboxylic acids is 2. The normalized spacial score (nSPS) is 20.7. The minimum absolute atomic E-state index is 0.0460. The number of benzene rings is 3. The molecule has 1 saturated carbocycles. The number of carbonyl (C=O) groups is 2. The van der Waals surface area contributed by atoms with Gasteiger partial charge in [-0.25, -0.2) is 4.79 Å². The average molecular weight is 564 g/mol. The van der Waals surface area contributed by atoms with Gasteiger partial charge in [0.15, 0.2) is 17.3 Å². The zero-order chi connectivity index (χ0) is 29.1. The van der Waals surface area contributed by atoms with Crippen LogP contribution in [-0.4, -0.2) is 25.0 Å². The number of methoxy groups -OCH3 is 1. The van der Waals surface area contributed by atoms with E-state index < -0.39 is 5.92 Å². The Morgan fingerprint density at radius 2 is 1.60 bits per heavy atom. The fourth-order valence-electron chi connectivity index (χ4n) is 6.54. The molecule has 3 aromatic carbocycles. The van der Waals surface area contributed by atoms with Crippen molar-refractivity contribution < 1.29 is 23.8 Å². The van der Waals surface area contributed by atoms with Crippen molar-refractivity contribution in [3.05, 3.63) is 118 Å². The molecule has 1 fully saturated rings. The highest BCUT2D eigenvalue weighted by Gasteiger charge is 2.42. The molecule has 1 aliphatic heterocycles. The summed E-state index contributed by atoms with van der Waals surface area (Å²) in [6.45, 7) is 2.31. The van der Waals surface area contributed by atoms with Crippen LogP contribution < -0.4 is 14.8 Å². The van der Waals surface area contributed by atoms with Crippen molar-refractivity contribution in [3.8, 4) is 11.5 Å². The number of hydrogen-bond donors (Lipinski definition) is 1. The molecule has 216 valence electrons. The Morgan fingerprint density at radius 3 is 2.31 bits per heavy atom. The van der Waals surface area contributed by atoms with E-state index in [4.69, 9.17) is 14.2 Å². The van der Waals surface area contributed by atoms with Gasteiger partial charge < -0.3 is 19.5 Å². The first-order valence-corrected chi connectivity index (χ1v) is 14.9. The summed E-state index contributed by atoms with van der Waals surface area (Å²) >= 11 is 0. The van der Waals surface area contributed by atoms with E-state index in [9.17, 15) is 9.59 Å². The van der Waals surface area contributed by atoms with E-state index in [0.29, 0.717) is 42.1 Å². The molecule has 0 radical (unpaired) electrons. The van der Waals surface area contributed by atoms with Crippen molar-refractivity contribution in [2.45, 2.75) is 70.0 Å². The second kappa shape index (κ2) is 12.3. The van der Waals surface area contributed by atoms with E-state index in [1.165, 1.54) is 0 Å². The Morgan fingerprint density at radius 1 is 0.881 bits per heavy atom. The number of dihydropyridines is 1. The van der Waals surface area contributed by atoms with E-state index in [2.05, 4.69) is 17.4 Å². The second-order valence-electron chi connectivity index (χ2n) is 11.4. The number of Topliss-reactive ketones (excluding diaryl/α,β-unsaturated/α-hetero) is 1. The predicted octanol–water partition coefficient (Wildman–Crippen LogP) is 7.12. The van der Waals surface area contributed by atoms with Gasteiger partial charge in [0.1, 0.15) is 12.7 Å². The third-order valence-electron chi connectivity index (χ3n) is 8.65. The fraction of sp³-hybridized carbons (Fsp3) is 0.333. The summed E-state index contributed by atoms with van der Waals surface area (Å²) in [5, 5.41) is 3.46. The maximum Gasteiger partial charge on any atom is 0.337 e. The molecule has 1 heterocycles. The summed E-state index contributed by atoms with van der Waals surface area (Å²) in [7, 11) is 1.61. The fourth-order valence-corrected chi connectivity index (χ4v) is 6.54. The van der Waals surface area contributed by atoms with Crippen LogP contribution in [0.15, 0.2) is 101 Å². The molecule has 2 atom stereocenters. The molecule has 6 rings (SSSR count). The molecule has 0 aromatic heterocycles. The molecule has 2 aliphatic carbocycles. The highest BCUT2D eigenvalue weighted by atomic mass is 16.5. The molecular weight excluding hydrogens is 526 g/mol. The van der Waals surface area contributed by atoms with Gasteiger partial charge in [0.2, 0.25) is 0 Å². The Balaban J connectivity index is 1.37. The SMILES string of the molecule is COc1cc([C@H]2C(C(=O)OC3CCCC3)=C(C)NC3=C2C(=O)C[C@H](c2ccccc2)C3)ccc1OCc1ccccc1. The highest BCUT2D eigenvalue weighted by molar-refractivity contribution is 6.04. The number of ketones is 1. The van der Waals surface area contributed by atoms with Crippen molar-refractivity contribution in [2.75, 3.05) is 7.11 Å². The first kappa shape index (κ1) is 27.8. The van der Waals surface area contributed by atoms with E-state index in [0.717, 1.165) is 53.8 Å². The average Bonchev–Trinajstić information content (AvgIpc) is 3.53. The van der Waals surface area contributed by atoms with Gasteiger partial charge in [0.25, 0.3) is 0 Å². The highest BCUT2D eigenvalue weighted by Crippen LogP contribution is 2.47.